The van der Waals surface area contributed by atoms with Crippen molar-refractivity contribution in [3.63, 3.8) is 0 Å². The fraction of sp³-hybridized carbons (Fsp3) is 0.429. The molecule has 4 nitrogen and oxygen atoms in total. The minimum absolute atomic E-state index is 0.113. The molecule has 0 saturated heterocycles. The van der Waals surface area contributed by atoms with Crippen LogP contribution in [0.1, 0.15) is 35.7 Å². The van der Waals surface area contributed by atoms with Gasteiger partial charge >= 0.3 is 5.97 Å². The summed E-state index contributed by atoms with van der Waals surface area (Å²) in [7, 11) is 0. The molecular weight excluding hydrogens is 230 g/mol. The SMILES string of the molecule is Cc1ccc(C(=O)NCCCC(C)C(=O)O)cc1. The number of carboxylic acid groups (broad SMARTS) is 1. The van der Waals surface area contributed by atoms with Gasteiger partial charge in [-0.15, -0.1) is 0 Å². The monoisotopic (exact) mass is 249 g/mol. The normalized spacial score (nSPS) is 11.9. The van der Waals surface area contributed by atoms with E-state index >= 15 is 0 Å². The fourth-order valence-electron chi connectivity index (χ4n) is 1.54. The van der Waals surface area contributed by atoms with Crippen LogP contribution in [0.25, 0.3) is 0 Å². The lowest BCUT2D eigenvalue weighted by Gasteiger charge is -2.07. The molecule has 1 aromatic carbocycles. The molecule has 4 heteroatoms. The highest BCUT2D eigenvalue weighted by Crippen LogP contribution is 2.05. The molecule has 0 saturated carbocycles. The van der Waals surface area contributed by atoms with Crippen LogP contribution in [-0.4, -0.2) is 23.5 Å². The average Bonchev–Trinajstić information content (AvgIpc) is 2.34. The maximum absolute atomic E-state index is 11.7. The van der Waals surface area contributed by atoms with E-state index in [-0.39, 0.29) is 11.8 Å². The fourth-order valence-corrected chi connectivity index (χ4v) is 1.54. The lowest BCUT2D eigenvalue weighted by Crippen LogP contribution is -2.25. The Balaban J connectivity index is 2.29. The Kier molecular flexibility index (Phi) is 5.36. The summed E-state index contributed by atoms with van der Waals surface area (Å²) in [6, 6.07) is 7.35. The zero-order chi connectivity index (χ0) is 13.5. The van der Waals surface area contributed by atoms with Crippen molar-refractivity contribution < 1.29 is 14.7 Å². The molecule has 98 valence electrons. The molecule has 0 heterocycles. The highest BCUT2D eigenvalue weighted by molar-refractivity contribution is 5.94. The third-order valence-electron chi connectivity index (χ3n) is 2.83. The van der Waals surface area contributed by atoms with Gasteiger partial charge in [-0.2, -0.15) is 0 Å². The summed E-state index contributed by atoms with van der Waals surface area (Å²) in [6.45, 7) is 4.14. The van der Waals surface area contributed by atoms with E-state index in [1.54, 1.807) is 19.1 Å². The van der Waals surface area contributed by atoms with Crippen LogP contribution in [0.3, 0.4) is 0 Å². The number of hydrogen-bond acceptors (Lipinski definition) is 2. The van der Waals surface area contributed by atoms with Crippen molar-refractivity contribution in [2.75, 3.05) is 6.54 Å². The molecule has 0 aliphatic heterocycles. The predicted molar refractivity (Wildman–Crippen MR) is 69.5 cm³/mol. The summed E-state index contributed by atoms with van der Waals surface area (Å²) in [5.41, 5.74) is 1.74. The number of aryl methyl sites for hydroxylation is 1. The molecule has 1 atom stereocenters. The van der Waals surface area contributed by atoms with E-state index in [0.717, 1.165) is 5.56 Å². The van der Waals surface area contributed by atoms with Gasteiger partial charge in [0, 0.05) is 12.1 Å². The van der Waals surface area contributed by atoms with Crippen molar-refractivity contribution in [2.24, 2.45) is 5.92 Å². The summed E-state index contributed by atoms with van der Waals surface area (Å²) >= 11 is 0. The van der Waals surface area contributed by atoms with Gasteiger partial charge in [-0.05, 0) is 31.9 Å². The van der Waals surface area contributed by atoms with Gasteiger partial charge in [-0.1, -0.05) is 24.6 Å². The smallest absolute Gasteiger partial charge is 0.306 e. The van der Waals surface area contributed by atoms with Crippen molar-refractivity contribution in [3.05, 3.63) is 35.4 Å². The van der Waals surface area contributed by atoms with E-state index < -0.39 is 5.97 Å². The second kappa shape index (κ2) is 6.79. The van der Waals surface area contributed by atoms with Crippen LogP contribution in [0.5, 0.6) is 0 Å². The van der Waals surface area contributed by atoms with Crippen LogP contribution in [0.15, 0.2) is 24.3 Å². The number of carbonyl (C=O) groups excluding carboxylic acids is 1. The highest BCUT2D eigenvalue weighted by atomic mass is 16.4. The Bertz CT molecular complexity index is 412. The summed E-state index contributed by atoms with van der Waals surface area (Å²) in [4.78, 5) is 22.3. The summed E-state index contributed by atoms with van der Waals surface area (Å²) in [5, 5.41) is 11.5. The molecule has 0 fully saturated rings. The molecule has 1 unspecified atom stereocenters. The van der Waals surface area contributed by atoms with Gasteiger partial charge in [0.05, 0.1) is 5.92 Å². The number of benzene rings is 1. The lowest BCUT2D eigenvalue weighted by atomic mass is 10.1. The van der Waals surface area contributed by atoms with Crippen molar-refractivity contribution in [2.45, 2.75) is 26.7 Å². The van der Waals surface area contributed by atoms with E-state index in [0.29, 0.717) is 24.9 Å². The average molecular weight is 249 g/mol. The van der Waals surface area contributed by atoms with Crippen LogP contribution < -0.4 is 5.32 Å². The first-order valence-corrected chi connectivity index (χ1v) is 6.08. The van der Waals surface area contributed by atoms with Crippen LogP contribution in [0.2, 0.25) is 0 Å². The second-order valence-corrected chi connectivity index (χ2v) is 4.50. The van der Waals surface area contributed by atoms with Gasteiger partial charge in [0.15, 0.2) is 0 Å². The molecular formula is C14H19NO3. The molecule has 0 aliphatic carbocycles. The summed E-state index contributed by atoms with van der Waals surface area (Å²) in [6.07, 6.45) is 1.24. The predicted octanol–water partition coefficient (Wildman–Crippen LogP) is 2.23. The zero-order valence-electron chi connectivity index (χ0n) is 10.8. The lowest BCUT2D eigenvalue weighted by molar-refractivity contribution is -0.141. The van der Waals surface area contributed by atoms with Crippen LogP contribution >= 0.6 is 0 Å². The maximum atomic E-state index is 11.7. The third-order valence-corrected chi connectivity index (χ3v) is 2.83. The minimum Gasteiger partial charge on any atom is -0.481 e. The van der Waals surface area contributed by atoms with Crippen molar-refractivity contribution >= 4 is 11.9 Å². The standard InChI is InChI=1S/C14H19NO3/c1-10-5-7-12(8-6-10)13(16)15-9-3-4-11(2)14(17)18/h5-8,11H,3-4,9H2,1-2H3,(H,15,16)(H,17,18). The molecule has 1 amide bonds. The van der Waals surface area contributed by atoms with Crippen LogP contribution in [0.4, 0.5) is 0 Å². The van der Waals surface area contributed by atoms with Gasteiger partial charge in [0.2, 0.25) is 0 Å². The number of carbonyl (C=O) groups is 2. The molecule has 2 N–H and O–H groups in total. The molecule has 18 heavy (non-hydrogen) atoms. The van der Waals surface area contributed by atoms with E-state index in [1.807, 2.05) is 19.1 Å². The second-order valence-electron chi connectivity index (χ2n) is 4.50. The van der Waals surface area contributed by atoms with E-state index in [4.69, 9.17) is 5.11 Å². The highest BCUT2D eigenvalue weighted by Gasteiger charge is 2.10. The number of aliphatic carboxylic acids is 1. The summed E-state index contributed by atoms with van der Waals surface area (Å²) < 4.78 is 0. The van der Waals surface area contributed by atoms with Gasteiger partial charge in [-0.25, -0.2) is 0 Å². The first kappa shape index (κ1) is 14.2. The quantitative estimate of drug-likeness (QED) is 0.760. The molecule has 1 rings (SSSR count). The largest absolute Gasteiger partial charge is 0.481 e. The Morgan fingerprint density at radius 1 is 1.28 bits per heavy atom. The van der Waals surface area contributed by atoms with Gasteiger partial charge in [0.1, 0.15) is 0 Å². The van der Waals surface area contributed by atoms with E-state index in [2.05, 4.69) is 5.32 Å². The van der Waals surface area contributed by atoms with E-state index in [9.17, 15) is 9.59 Å². The molecule has 0 spiro atoms. The topological polar surface area (TPSA) is 66.4 Å². The molecule has 1 aromatic rings. The maximum Gasteiger partial charge on any atom is 0.306 e. The number of hydrogen-bond donors (Lipinski definition) is 2. The number of carboxylic acids is 1. The number of nitrogens with one attached hydrogen (secondary N) is 1. The Morgan fingerprint density at radius 3 is 2.44 bits per heavy atom. The number of rotatable bonds is 6. The van der Waals surface area contributed by atoms with Crippen molar-refractivity contribution in [1.82, 2.24) is 5.32 Å². The van der Waals surface area contributed by atoms with Gasteiger partial charge in [-0.3, -0.25) is 9.59 Å². The first-order valence-electron chi connectivity index (χ1n) is 6.08. The van der Waals surface area contributed by atoms with Crippen molar-refractivity contribution in [3.8, 4) is 0 Å². The molecule has 0 radical (unpaired) electrons. The Morgan fingerprint density at radius 2 is 1.89 bits per heavy atom. The van der Waals surface area contributed by atoms with Crippen LogP contribution in [0, 0.1) is 12.8 Å². The first-order chi connectivity index (χ1) is 8.50. The Hall–Kier alpha value is -1.84. The minimum atomic E-state index is -0.792. The van der Waals surface area contributed by atoms with Crippen LogP contribution in [-0.2, 0) is 4.79 Å². The van der Waals surface area contributed by atoms with Gasteiger partial charge in [0.25, 0.3) is 5.91 Å². The van der Waals surface area contributed by atoms with Crippen molar-refractivity contribution in [1.29, 1.82) is 0 Å². The molecule has 0 aromatic heterocycles. The van der Waals surface area contributed by atoms with E-state index in [1.165, 1.54) is 0 Å². The van der Waals surface area contributed by atoms with Gasteiger partial charge < -0.3 is 10.4 Å². The Labute approximate surface area is 107 Å². The summed E-state index contributed by atoms with van der Waals surface area (Å²) in [5.74, 6) is -1.26. The zero-order valence-corrected chi connectivity index (χ0v) is 10.8. The molecule has 0 aliphatic rings. The number of amides is 1. The molecule has 0 bridgehead atoms. The third kappa shape index (κ3) is 4.57.